The maximum atomic E-state index is 15.7. The van der Waals surface area contributed by atoms with E-state index in [1.165, 1.54) is 12.0 Å². The topological polar surface area (TPSA) is 91.4 Å². The Balaban J connectivity index is 2.20. The van der Waals surface area contributed by atoms with E-state index in [-0.39, 0.29) is 31.4 Å². The van der Waals surface area contributed by atoms with Crippen LogP contribution in [0.5, 0.6) is 5.75 Å². The molecule has 1 amide bonds. The fraction of sp³-hybridized carbons (Fsp3) is 0.476. The largest absolute Gasteiger partial charge is 0.464 e. The number of methoxy groups -OCH3 is 1. The molecule has 0 aromatic heterocycles. The number of nitrogens with zero attached hydrogens (tertiary/aromatic N) is 1. The van der Waals surface area contributed by atoms with Gasteiger partial charge < -0.3 is 14.2 Å². The quantitative estimate of drug-likeness (QED) is 0.484. The first-order valence-electron chi connectivity index (χ1n) is 9.63. The zero-order valence-corrected chi connectivity index (χ0v) is 18.9. The van der Waals surface area contributed by atoms with Crippen LogP contribution in [0, 0.1) is 5.82 Å². The van der Waals surface area contributed by atoms with Crippen LogP contribution in [-0.2, 0) is 23.8 Å². The highest BCUT2D eigenvalue weighted by atomic mass is 32.2. The van der Waals surface area contributed by atoms with E-state index in [9.17, 15) is 13.2 Å². The zero-order chi connectivity index (χ0) is 23.0. The summed E-state index contributed by atoms with van der Waals surface area (Å²) in [5.74, 6) is -1.40. The highest BCUT2D eigenvalue weighted by Gasteiger charge is 2.40. The van der Waals surface area contributed by atoms with E-state index in [2.05, 4.69) is 0 Å². The highest BCUT2D eigenvalue weighted by Crippen LogP contribution is 2.48. The minimum Gasteiger partial charge on any atom is -0.464 e. The van der Waals surface area contributed by atoms with Crippen molar-refractivity contribution in [2.24, 2.45) is 0 Å². The molecule has 3 rings (SSSR count). The van der Waals surface area contributed by atoms with Crippen LogP contribution in [0.2, 0.25) is 0 Å². The first kappa shape index (κ1) is 23.2. The van der Waals surface area contributed by atoms with Crippen molar-refractivity contribution >= 4 is 32.7 Å². The molecule has 1 unspecified atom stereocenters. The lowest BCUT2D eigenvalue weighted by molar-refractivity contribution is 0.0494. The number of benzene rings is 2. The number of halogens is 1. The number of ether oxygens (including phenoxy) is 3. The molecule has 0 bridgehead atoms. The molecule has 0 aliphatic carbocycles. The lowest BCUT2D eigenvalue weighted by Gasteiger charge is -2.25. The van der Waals surface area contributed by atoms with Gasteiger partial charge in [-0.25, -0.2) is 9.18 Å². The highest BCUT2D eigenvalue weighted by molar-refractivity contribution is 7.85. The molecule has 2 aromatic carbocycles. The lowest BCUT2D eigenvalue weighted by atomic mass is 9.94. The third-order valence-electron chi connectivity index (χ3n) is 4.62. The van der Waals surface area contributed by atoms with Gasteiger partial charge in [0.2, 0.25) is 0 Å². The molecule has 8 nitrogen and oxygen atoms in total. The van der Waals surface area contributed by atoms with Gasteiger partial charge in [0.25, 0.3) is 10.1 Å². The molecule has 1 heterocycles. The SMILES string of the molecule is COCOc1c(F)c2c(c3ccccc13)C(COS(C)(=O)=O)CN2C(=O)OC(C)(C)C. The summed E-state index contributed by atoms with van der Waals surface area (Å²) in [6.45, 7) is 4.68. The third-order valence-corrected chi connectivity index (χ3v) is 5.19. The van der Waals surface area contributed by atoms with Crippen molar-refractivity contribution in [1.82, 2.24) is 0 Å². The molecule has 31 heavy (non-hydrogen) atoms. The summed E-state index contributed by atoms with van der Waals surface area (Å²) >= 11 is 0. The average molecular weight is 456 g/mol. The second kappa shape index (κ2) is 8.60. The summed E-state index contributed by atoms with van der Waals surface area (Å²) in [5.41, 5.74) is -0.352. The van der Waals surface area contributed by atoms with Crippen LogP contribution in [0.25, 0.3) is 10.8 Å². The Morgan fingerprint density at radius 1 is 1.23 bits per heavy atom. The maximum absolute atomic E-state index is 15.7. The van der Waals surface area contributed by atoms with Gasteiger partial charge in [-0.1, -0.05) is 24.3 Å². The number of amides is 1. The van der Waals surface area contributed by atoms with Crippen LogP contribution in [0.15, 0.2) is 24.3 Å². The summed E-state index contributed by atoms with van der Waals surface area (Å²) in [5, 5.41) is 1.10. The van der Waals surface area contributed by atoms with Crippen molar-refractivity contribution in [2.75, 3.05) is 38.2 Å². The molecule has 0 fully saturated rings. The first-order chi connectivity index (χ1) is 14.4. The van der Waals surface area contributed by atoms with Crippen LogP contribution < -0.4 is 9.64 Å². The summed E-state index contributed by atoms with van der Waals surface area (Å²) in [7, 11) is -2.32. The lowest BCUT2D eigenvalue weighted by Crippen LogP contribution is -2.37. The molecule has 1 atom stereocenters. The second-order valence-electron chi connectivity index (χ2n) is 8.28. The molecule has 0 spiro atoms. The van der Waals surface area contributed by atoms with Crippen LogP contribution in [0.3, 0.4) is 0 Å². The number of anilines is 1. The van der Waals surface area contributed by atoms with Crippen molar-refractivity contribution in [3.63, 3.8) is 0 Å². The second-order valence-corrected chi connectivity index (χ2v) is 9.92. The summed E-state index contributed by atoms with van der Waals surface area (Å²) in [4.78, 5) is 14.1. The predicted molar refractivity (Wildman–Crippen MR) is 114 cm³/mol. The molecular formula is C21H26FNO7S. The smallest absolute Gasteiger partial charge is 0.414 e. The maximum Gasteiger partial charge on any atom is 0.414 e. The van der Waals surface area contributed by atoms with Crippen molar-refractivity contribution < 1.29 is 36.0 Å². The Kier molecular flexibility index (Phi) is 6.45. The van der Waals surface area contributed by atoms with Crippen LogP contribution in [-0.4, -0.2) is 53.4 Å². The Morgan fingerprint density at radius 3 is 2.45 bits per heavy atom. The van der Waals surface area contributed by atoms with E-state index in [0.29, 0.717) is 16.3 Å². The Labute approximate surface area is 180 Å². The molecule has 2 aromatic rings. The van der Waals surface area contributed by atoms with Crippen LogP contribution >= 0.6 is 0 Å². The minimum atomic E-state index is -3.73. The van der Waals surface area contributed by atoms with E-state index in [1.54, 1.807) is 45.0 Å². The number of hydrogen-bond acceptors (Lipinski definition) is 7. The van der Waals surface area contributed by atoms with E-state index in [0.717, 1.165) is 6.26 Å². The van der Waals surface area contributed by atoms with Gasteiger partial charge in [-0.2, -0.15) is 8.42 Å². The summed E-state index contributed by atoms with van der Waals surface area (Å²) in [6, 6.07) is 6.95. The molecule has 0 N–H and O–H groups in total. The zero-order valence-electron chi connectivity index (χ0n) is 18.1. The predicted octanol–water partition coefficient (Wildman–Crippen LogP) is 3.78. The molecule has 0 saturated heterocycles. The van der Waals surface area contributed by atoms with E-state index < -0.39 is 33.5 Å². The Bertz CT molecular complexity index is 1100. The molecule has 10 heteroatoms. The monoisotopic (exact) mass is 455 g/mol. The molecule has 1 aliphatic heterocycles. The minimum absolute atomic E-state index is 0.00554. The third kappa shape index (κ3) is 5.08. The van der Waals surface area contributed by atoms with E-state index in [4.69, 9.17) is 18.4 Å². The molecule has 0 radical (unpaired) electrons. The van der Waals surface area contributed by atoms with Gasteiger partial charge in [0.15, 0.2) is 18.4 Å². The van der Waals surface area contributed by atoms with E-state index >= 15 is 4.39 Å². The fourth-order valence-electron chi connectivity index (χ4n) is 3.55. The number of rotatable bonds is 6. The molecule has 0 saturated carbocycles. The summed E-state index contributed by atoms with van der Waals surface area (Å²) < 4.78 is 59.8. The van der Waals surface area contributed by atoms with Crippen LogP contribution in [0.1, 0.15) is 32.3 Å². The van der Waals surface area contributed by atoms with E-state index in [1.807, 2.05) is 0 Å². The van der Waals surface area contributed by atoms with Gasteiger partial charge in [-0.15, -0.1) is 0 Å². The molecular weight excluding hydrogens is 429 g/mol. The van der Waals surface area contributed by atoms with Gasteiger partial charge >= 0.3 is 6.09 Å². The molecule has 170 valence electrons. The van der Waals surface area contributed by atoms with Gasteiger partial charge in [-0.05, 0) is 31.7 Å². The fourth-order valence-corrected chi connectivity index (χ4v) is 3.96. The standard InChI is InChI=1S/C21H26FNO7S/c1-21(2,3)30-20(24)23-10-13(11-29-31(5,25)26)16-14-8-6-7-9-15(14)19(28-12-27-4)17(22)18(16)23/h6-9,13H,10-12H2,1-5H3. The number of carbonyl (C=O) groups excluding carboxylic acids is 1. The van der Waals surface area contributed by atoms with Crippen molar-refractivity contribution in [3.8, 4) is 5.75 Å². The van der Waals surface area contributed by atoms with Crippen molar-refractivity contribution in [2.45, 2.75) is 32.3 Å². The van der Waals surface area contributed by atoms with Crippen molar-refractivity contribution in [1.29, 1.82) is 0 Å². The number of hydrogen-bond donors (Lipinski definition) is 0. The van der Waals surface area contributed by atoms with Gasteiger partial charge in [-0.3, -0.25) is 9.08 Å². The summed E-state index contributed by atoms with van der Waals surface area (Å²) in [6.07, 6.45) is 0.192. The molecule has 1 aliphatic rings. The average Bonchev–Trinajstić information content (AvgIpc) is 3.05. The Hall–Kier alpha value is -2.43. The first-order valence-corrected chi connectivity index (χ1v) is 11.5. The van der Waals surface area contributed by atoms with Gasteiger partial charge in [0, 0.05) is 25.0 Å². The number of carbonyl (C=O) groups is 1. The van der Waals surface area contributed by atoms with Crippen molar-refractivity contribution in [3.05, 3.63) is 35.6 Å². The normalized spacial score (nSPS) is 16.5. The van der Waals surface area contributed by atoms with Gasteiger partial charge in [0.05, 0.1) is 18.6 Å². The number of fused-ring (bicyclic) bond motifs is 3. The Morgan fingerprint density at radius 2 is 1.87 bits per heavy atom. The van der Waals surface area contributed by atoms with Crippen LogP contribution in [0.4, 0.5) is 14.9 Å². The van der Waals surface area contributed by atoms with Gasteiger partial charge in [0.1, 0.15) is 5.60 Å².